The first-order chi connectivity index (χ1) is 11.0. The summed E-state index contributed by atoms with van der Waals surface area (Å²) in [4.78, 5) is 3.96. The summed E-state index contributed by atoms with van der Waals surface area (Å²) in [6.45, 7) is 1.85. The molecule has 1 aromatic heterocycles. The molecule has 0 aliphatic carbocycles. The summed E-state index contributed by atoms with van der Waals surface area (Å²) in [6, 6.07) is 12.5. The van der Waals surface area contributed by atoms with Crippen molar-refractivity contribution in [2.45, 2.75) is 17.7 Å². The highest BCUT2D eigenvalue weighted by Gasteiger charge is 2.21. The Morgan fingerprint density at radius 2 is 1.87 bits per heavy atom. The first-order valence-corrected chi connectivity index (χ1v) is 8.55. The Balaban J connectivity index is 1.76. The van der Waals surface area contributed by atoms with Gasteiger partial charge in [-0.2, -0.15) is 0 Å². The van der Waals surface area contributed by atoms with Crippen molar-refractivity contribution < 1.29 is 17.2 Å². The minimum atomic E-state index is -3.92. The summed E-state index contributed by atoms with van der Waals surface area (Å²) >= 11 is 0. The zero-order valence-corrected chi connectivity index (χ0v) is 13.2. The van der Waals surface area contributed by atoms with Gasteiger partial charge in [-0.15, -0.1) is 0 Å². The third kappa shape index (κ3) is 3.25. The summed E-state index contributed by atoms with van der Waals surface area (Å²) in [5, 5.41) is 0. The van der Waals surface area contributed by atoms with E-state index in [-0.39, 0.29) is 17.4 Å². The van der Waals surface area contributed by atoms with Crippen molar-refractivity contribution >= 4 is 21.1 Å². The molecule has 1 N–H and O–H groups in total. The van der Waals surface area contributed by atoms with E-state index < -0.39 is 15.8 Å². The van der Waals surface area contributed by atoms with Crippen LogP contribution >= 0.6 is 0 Å². The number of aromatic nitrogens is 1. The van der Waals surface area contributed by atoms with E-state index in [4.69, 9.17) is 4.42 Å². The second kappa shape index (κ2) is 6.10. The second-order valence-electron chi connectivity index (χ2n) is 5.20. The average molecular weight is 334 g/mol. The number of para-hydroxylation sites is 2. The number of nitrogens with one attached hydrogen (secondary N) is 1. The molecule has 23 heavy (non-hydrogen) atoms. The number of nitrogens with zero attached hydrogens (tertiary/aromatic N) is 1. The van der Waals surface area contributed by atoms with E-state index in [1.165, 1.54) is 18.2 Å². The Morgan fingerprint density at radius 1 is 1.17 bits per heavy atom. The molecule has 0 saturated carbocycles. The van der Waals surface area contributed by atoms with Crippen molar-refractivity contribution in [2.24, 2.45) is 0 Å². The van der Waals surface area contributed by atoms with Gasteiger partial charge in [0.05, 0.1) is 0 Å². The third-order valence-corrected chi connectivity index (χ3v) is 4.89. The predicted molar refractivity (Wildman–Crippen MR) is 84.0 cm³/mol. The van der Waals surface area contributed by atoms with Crippen LogP contribution in [0.25, 0.3) is 11.1 Å². The SMILES string of the molecule is C[C@H](CNS(=O)(=O)c1ccccc1F)c1nc2ccccc2o1. The fourth-order valence-corrected chi connectivity index (χ4v) is 3.37. The van der Waals surface area contributed by atoms with Crippen molar-refractivity contribution in [3.63, 3.8) is 0 Å². The van der Waals surface area contributed by atoms with Crippen LogP contribution in [-0.4, -0.2) is 19.9 Å². The van der Waals surface area contributed by atoms with E-state index in [1.54, 1.807) is 13.0 Å². The van der Waals surface area contributed by atoms with Gasteiger partial charge in [-0.3, -0.25) is 0 Å². The molecule has 0 aliphatic rings. The number of hydrogen-bond acceptors (Lipinski definition) is 4. The number of benzene rings is 2. The predicted octanol–water partition coefficient (Wildman–Crippen LogP) is 3.05. The largest absolute Gasteiger partial charge is 0.440 e. The highest BCUT2D eigenvalue weighted by atomic mass is 32.2. The smallest absolute Gasteiger partial charge is 0.243 e. The van der Waals surface area contributed by atoms with Crippen molar-refractivity contribution in [3.05, 3.63) is 60.2 Å². The summed E-state index contributed by atoms with van der Waals surface area (Å²) in [5.74, 6) is -0.638. The van der Waals surface area contributed by atoms with Crippen LogP contribution in [0.4, 0.5) is 4.39 Å². The van der Waals surface area contributed by atoms with E-state index in [1.807, 2.05) is 18.2 Å². The van der Waals surface area contributed by atoms with Crippen LogP contribution in [0.2, 0.25) is 0 Å². The van der Waals surface area contributed by atoms with Crippen molar-refractivity contribution in [1.29, 1.82) is 0 Å². The lowest BCUT2D eigenvalue weighted by Gasteiger charge is -2.10. The zero-order valence-electron chi connectivity index (χ0n) is 12.4. The fourth-order valence-electron chi connectivity index (χ4n) is 2.16. The normalized spacial score (nSPS) is 13.3. The minimum Gasteiger partial charge on any atom is -0.440 e. The lowest BCUT2D eigenvalue weighted by Crippen LogP contribution is -2.28. The average Bonchev–Trinajstić information content (AvgIpc) is 2.97. The monoisotopic (exact) mass is 334 g/mol. The summed E-state index contributed by atoms with van der Waals surface area (Å²) < 4.78 is 45.9. The van der Waals surface area contributed by atoms with Crippen LogP contribution in [0, 0.1) is 5.82 Å². The number of hydrogen-bond donors (Lipinski definition) is 1. The number of rotatable bonds is 5. The number of halogens is 1. The molecular formula is C16H15FN2O3S. The van der Waals surface area contributed by atoms with Crippen LogP contribution in [0.1, 0.15) is 18.7 Å². The molecular weight excluding hydrogens is 319 g/mol. The van der Waals surface area contributed by atoms with Crippen LogP contribution in [0.3, 0.4) is 0 Å². The Hall–Kier alpha value is -2.25. The highest BCUT2D eigenvalue weighted by molar-refractivity contribution is 7.89. The molecule has 1 heterocycles. The lowest BCUT2D eigenvalue weighted by molar-refractivity contribution is 0.479. The zero-order chi connectivity index (χ0) is 16.4. The van der Waals surface area contributed by atoms with Crippen molar-refractivity contribution in [2.75, 3.05) is 6.54 Å². The molecule has 5 nitrogen and oxygen atoms in total. The fraction of sp³-hybridized carbons (Fsp3) is 0.188. The van der Waals surface area contributed by atoms with Gasteiger partial charge in [-0.25, -0.2) is 22.5 Å². The molecule has 0 aliphatic heterocycles. The first-order valence-electron chi connectivity index (χ1n) is 7.07. The van der Waals surface area contributed by atoms with E-state index in [2.05, 4.69) is 9.71 Å². The van der Waals surface area contributed by atoms with Gasteiger partial charge < -0.3 is 4.42 Å². The van der Waals surface area contributed by atoms with Gasteiger partial charge >= 0.3 is 0 Å². The first kappa shape index (κ1) is 15.6. The van der Waals surface area contributed by atoms with Gasteiger partial charge in [-0.05, 0) is 24.3 Å². The van der Waals surface area contributed by atoms with Crippen LogP contribution in [0.5, 0.6) is 0 Å². The molecule has 0 saturated heterocycles. The molecule has 0 radical (unpaired) electrons. The molecule has 2 aromatic carbocycles. The summed E-state index contributed by atoms with van der Waals surface area (Å²) in [5.41, 5.74) is 1.36. The molecule has 120 valence electrons. The van der Waals surface area contributed by atoms with Gasteiger partial charge in [-0.1, -0.05) is 31.2 Å². The molecule has 0 fully saturated rings. The van der Waals surface area contributed by atoms with Crippen LogP contribution in [-0.2, 0) is 10.0 Å². The van der Waals surface area contributed by atoms with Crippen LogP contribution in [0.15, 0.2) is 57.8 Å². The molecule has 0 bridgehead atoms. The Bertz CT molecular complexity index is 904. The van der Waals surface area contributed by atoms with Gasteiger partial charge in [0, 0.05) is 12.5 Å². The quantitative estimate of drug-likeness (QED) is 0.778. The van der Waals surface area contributed by atoms with E-state index in [0.29, 0.717) is 17.0 Å². The molecule has 3 aromatic rings. The highest BCUT2D eigenvalue weighted by Crippen LogP contribution is 2.21. The molecule has 0 unspecified atom stereocenters. The van der Waals surface area contributed by atoms with E-state index in [0.717, 1.165) is 6.07 Å². The lowest BCUT2D eigenvalue weighted by atomic mass is 10.2. The van der Waals surface area contributed by atoms with E-state index in [9.17, 15) is 12.8 Å². The Morgan fingerprint density at radius 3 is 2.61 bits per heavy atom. The van der Waals surface area contributed by atoms with Crippen LogP contribution < -0.4 is 4.72 Å². The Kier molecular flexibility index (Phi) is 4.14. The third-order valence-electron chi connectivity index (χ3n) is 3.44. The molecule has 0 spiro atoms. The van der Waals surface area contributed by atoms with Crippen molar-refractivity contribution in [3.8, 4) is 0 Å². The molecule has 1 atom stereocenters. The maximum atomic E-state index is 13.6. The topological polar surface area (TPSA) is 72.2 Å². The molecule has 0 amide bonds. The van der Waals surface area contributed by atoms with Gasteiger partial charge in [0.2, 0.25) is 10.0 Å². The number of oxazole rings is 1. The second-order valence-corrected chi connectivity index (χ2v) is 6.94. The number of fused-ring (bicyclic) bond motifs is 1. The van der Waals surface area contributed by atoms with Crippen molar-refractivity contribution in [1.82, 2.24) is 9.71 Å². The van der Waals surface area contributed by atoms with Gasteiger partial charge in [0.15, 0.2) is 11.5 Å². The Labute approximate surface area is 133 Å². The molecule has 7 heteroatoms. The molecule has 3 rings (SSSR count). The standard InChI is InChI=1S/C16H15FN2O3S/c1-11(16-19-13-7-3-4-8-14(13)22-16)10-18-23(20,21)15-9-5-2-6-12(15)17/h2-9,11,18H,10H2,1H3/t11-/m1/s1. The summed E-state index contributed by atoms with van der Waals surface area (Å²) in [6.07, 6.45) is 0. The maximum Gasteiger partial charge on any atom is 0.243 e. The van der Waals surface area contributed by atoms with Gasteiger partial charge in [0.1, 0.15) is 16.2 Å². The van der Waals surface area contributed by atoms with E-state index >= 15 is 0 Å². The minimum absolute atomic E-state index is 0.0590. The maximum absolute atomic E-state index is 13.6. The van der Waals surface area contributed by atoms with Gasteiger partial charge in [0.25, 0.3) is 0 Å². The number of sulfonamides is 1. The summed E-state index contributed by atoms with van der Waals surface area (Å²) in [7, 11) is -3.92.